The van der Waals surface area contributed by atoms with Gasteiger partial charge in [0.2, 0.25) is 0 Å². The summed E-state index contributed by atoms with van der Waals surface area (Å²) in [6, 6.07) is 0. The van der Waals surface area contributed by atoms with E-state index in [1.54, 1.807) is 18.3 Å². The van der Waals surface area contributed by atoms with Gasteiger partial charge in [0.05, 0.1) is 12.0 Å². The fourth-order valence-corrected chi connectivity index (χ4v) is 4.26. The number of fused-ring (bicyclic) bond motifs is 3. The van der Waals surface area contributed by atoms with Crippen LogP contribution in [0.4, 0.5) is 0 Å². The van der Waals surface area contributed by atoms with Crippen LogP contribution in [0.5, 0.6) is 0 Å². The highest BCUT2D eigenvalue weighted by molar-refractivity contribution is 7.18. The Morgan fingerprint density at radius 3 is 2.83 bits per heavy atom. The van der Waals surface area contributed by atoms with Crippen LogP contribution >= 0.6 is 11.3 Å². The van der Waals surface area contributed by atoms with Gasteiger partial charge in [0.1, 0.15) is 17.2 Å². The topological polar surface area (TPSA) is 61.2 Å². The Kier molecular flexibility index (Phi) is 4.53. The quantitative estimate of drug-likeness (QED) is 0.807. The molecule has 0 radical (unpaired) electrons. The van der Waals surface area contributed by atoms with Crippen molar-refractivity contribution < 1.29 is 9.53 Å². The number of carbonyl (C=O) groups excluding carboxylic acids is 1. The van der Waals surface area contributed by atoms with Crippen molar-refractivity contribution in [1.82, 2.24) is 9.55 Å². The second-order valence-electron chi connectivity index (χ2n) is 6.52. The molecule has 6 heteroatoms. The van der Waals surface area contributed by atoms with Crippen LogP contribution in [0.2, 0.25) is 0 Å². The molecule has 0 atom stereocenters. The summed E-state index contributed by atoms with van der Waals surface area (Å²) in [7, 11) is 0. The van der Waals surface area contributed by atoms with E-state index in [-0.39, 0.29) is 24.0 Å². The summed E-state index contributed by atoms with van der Waals surface area (Å²) in [6.07, 6.45) is 4.26. The molecule has 2 aromatic rings. The first-order valence-electron chi connectivity index (χ1n) is 8.14. The maximum absolute atomic E-state index is 12.9. The molecule has 124 valence electrons. The fourth-order valence-electron chi connectivity index (χ4n) is 2.96. The molecule has 0 aliphatic heterocycles. The number of rotatable bonds is 4. The standard InChI is InChI=1S/C17H22N2O3S/c1-10(2)9-22-14(20)8-19-11(3)18-16-15(17(19)21)12-6-4-5-7-13(12)23-16/h10H,4-9H2,1-3H3. The Hall–Kier alpha value is -1.69. The second kappa shape index (κ2) is 6.43. The third-order valence-corrected chi connectivity index (χ3v) is 5.32. The summed E-state index contributed by atoms with van der Waals surface area (Å²) < 4.78 is 6.65. The van der Waals surface area contributed by atoms with Crippen LogP contribution in [0.25, 0.3) is 10.2 Å². The highest BCUT2D eigenvalue weighted by Crippen LogP contribution is 2.33. The number of esters is 1. The molecule has 0 unspecified atom stereocenters. The molecular formula is C17H22N2O3S. The van der Waals surface area contributed by atoms with E-state index in [1.165, 1.54) is 15.9 Å². The molecule has 5 nitrogen and oxygen atoms in total. The van der Waals surface area contributed by atoms with Gasteiger partial charge >= 0.3 is 5.97 Å². The predicted octanol–water partition coefficient (Wildman–Crippen LogP) is 2.84. The zero-order valence-corrected chi connectivity index (χ0v) is 14.7. The van der Waals surface area contributed by atoms with E-state index in [0.29, 0.717) is 17.8 Å². The highest BCUT2D eigenvalue weighted by atomic mass is 32.1. The SMILES string of the molecule is Cc1nc2sc3c(c2c(=O)n1CC(=O)OCC(C)C)CCCC3. The minimum absolute atomic E-state index is 0.0645. The first kappa shape index (κ1) is 16.2. The van der Waals surface area contributed by atoms with Crippen LogP contribution in [-0.4, -0.2) is 22.1 Å². The lowest BCUT2D eigenvalue weighted by Gasteiger charge is -2.12. The Bertz CT molecular complexity index is 804. The van der Waals surface area contributed by atoms with Crippen molar-refractivity contribution in [1.29, 1.82) is 0 Å². The summed E-state index contributed by atoms with van der Waals surface area (Å²) >= 11 is 1.63. The van der Waals surface area contributed by atoms with Crippen LogP contribution in [0.1, 0.15) is 43.0 Å². The monoisotopic (exact) mass is 334 g/mol. The Labute approximate surface area is 139 Å². The second-order valence-corrected chi connectivity index (χ2v) is 7.60. The molecule has 3 rings (SSSR count). The average molecular weight is 334 g/mol. The van der Waals surface area contributed by atoms with E-state index in [9.17, 15) is 9.59 Å². The van der Waals surface area contributed by atoms with E-state index in [2.05, 4.69) is 4.98 Å². The Morgan fingerprint density at radius 1 is 1.35 bits per heavy atom. The van der Waals surface area contributed by atoms with Gasteiger partial charge in [-0.25, -0.2) is 4.98 Å². The van der Waals surface area contributed by atoms with Crippen molar-refractivity contribution in [2.24, 2.45) is 5.92 Å². The van der Waals surface area contributed by atoms with Crippen molar-refractivity contribution in [2.75, 3.05) is 6.61 Å². The molecule has 23 heavy (non-hydrogen) atoms. The van der Waals surface area contributed by atoms with Gasteiger partial charge < -0.3 is 4.74 Å². The molecule has 1 aliphatic carbocycles. The lowest BCUT2D eigenvalue weighted by molar-refractivity contribution is -0.145. The smallest absolute Gasteiger partial charge is 0.326 e. The summed E-state index contributed by atoms with van der Waals surface area (Å²) in [5, 5.41) is 0.715. The van der Waals surface area contributed by atoms with Crippen molar-refractivity contribution in [3.8, 4) is 0 Å². The van der Waals surface area contributed by atoms with E-state index in [1.807, 2.05) is 13.8 Å². The van der Waals surface area contributed by atoms with Gasteiger partial charge in [-0.2, -0.15) is 0 Å². The minimum Gasteiger partial charge on any atom is -0.464 e. The van der Waals surface area contributed by atoms with Crippen molar-refractivity contribution in [3.05, 3.63) is 26.6 Å². The number of nitrogens with zero attached hydrogens (tertiary/aromatic N) is 2. The number of thiophene rings is 1. The normalized spacial score (nSPS) is 14.3. The molecule has 0 N–H and O–H groups in total. The van der Waals surface area contributed by atoms with Gasteiger partial charge in [-0.05, 0) is 44.1 Å². The maximum atomic E-state index is 12.9. The highest BCUT2D eigenvalue weighted by Gasteiger charge is 2.22. The summed E-state index contributed by atoms with van der Waals surface area (Å²) in [4.78, 5) is 31.5. The molecule has 0 amide bonds. The minimum atomic E-state index is -0.380. The predicted molar refractivity (Wildman–Crippen MR) is 91.1 cm³/mol. The Morgan fingerprint density at radius 2 is 2.09 bits per heavy atom. The maximum Gasteiger partial charge on any atom is 0.326 e. The van der Waals surface area contributed by atoms with E-state index >= 15 is 0 Å². The van der Waals surface area contributed by atoms with Crippen molar-refractivity contribution in [3.63, 3.8) is 0 Å². The van der Waals surface area contributed by atoms with Crippen LogP contribution in [0, 0.1) is 12.8 Å². The summed E-state index contributed by atoms with van der Waals surface area (Å²) in [5.74, 6) is 0.470. The molecule has 0 bridgehead atoms. The van der Waals surface area contributed by atoms with E-state index in [4.69, 9.17) is 4.74 Å². The van der Waals surface area contributed by atoms with Gasteiger partial charge in [0.25, 0.3) is 5.56 Å². The molecular weight excluding hydrogens is 312 g/mol. The fraction of sp³-hybridized carbons (Fsp3) is 0.588. The first-order chi connectivity index (χ1) is 11.0. The van der Waals surface area contributed by atoms with Gasteiger partial charge in [0.15, 0.2) is 0 Å². The summed E-state index contributed by atoms with van der Waals surface area (Å²) in [5.41, 5.74) is 1.05. The Balaban J connectivity index is 1.97. The molecule has 0 spiro atoms. The van der Waals surface area contributed by atoms with E-state index in [0.717, 1.165) is 29.7 Å². The lowest BCUT2D eigenvalue weighted by Crippen LogP contribution is -2.29. The zero-order chi connectivity index (χ0) is 16.6. The van der Waals surface area contributed by atoms with Gasteiger partial charge in [-0.15, -0.1) is 11.3 Å². The van der Waals surface area contributed by atoms with Crippen LogP contribution < -0.4 is 5.56 Å². The van der Waals surface area contributed by atoms with Crippen molar-refractivity contribution >= 4 is 27.5 Å². The molecule has 0 aromatic carbocycles. The average Bonchev–Trinajstić information content (AvgIpc) is 2.87. The third kappa shape index (κ3) is 3.17. The lowest BCUT2D eigenvalue weighted by atomic mass is 9.97. The number of hydrogen-bond donors (Lipinski definition) is 0. The molecule has 1 aliphatic rings. The number of carbonyl (C=O) groups is 1. The van der Waals surface area contributed by atoms with Crippen LogP contribution in [0.15, 0.2) is 4.79 Å². The summed E-state index contributed by atoms with van der Waals surface area (Å²) in [6.45, 7) is 6.04. The van der Waals surface area contributed by atoms with Crippen LogP contribution in [0.3, 0.4) is 0 Å². The number of ether oxygens (including phenoxy) is 1. The first-order valence-corrected chi connectivity index (χ1v) is 8.96. The number of aromatic nitrogens is 2. The van der Waals surface area contributed by atoms with Crippen molar-refractivity contribution in [2.45, 2.75) is 53.0 Å². The number of hydrogen-bond acceptors (Lipinski definition) is 5. The van der Waals surface area contributed by atoms with Gasteiger partial charge in [-0.3, -0.25) is 14.2 Å². The molecule has 0 saturated heterocycles. The molecule has 0 saturated carbocycles. The molecule has 2 heterocycles. The molecule has 2 aromatic heterocycles. The molecule has 0 fully saturated rings. The van der Waals surface area contributed by atoms with Gasteiger partial charge in [-0.1, -0.05) is 13.8 Å². The number of aryl methyl sites for hydroxylation is 3. The third-order valence-electron chi connectivity index (χ3n) is 4.13. The van der Waals surface area contributed by atoms with Gasteiger partial charge in [0, 0.05) is 4.88 Å². The largest absolute Gasteiger partial charge is 0.464 e. The zero-order valence-electron chi connectivity index (χ0n) is 13.8. The van der Waals surface area contributed by atoms with Crippen LogP contribution in [-0.2, 0) is 28.9 Å². The van der Waals surface area contributed by atoms with E-state index < -0.39 is 0 Å².